The monoisotopic (exact) mass is 340 g/mol. The van der Waals surface area contributed by atoms with Gasteiger partial charge in [0.1, 0.15) is 15.4 Å². The molecule has 2 aromatic heterocycles. The van der Waals surface area contributed by atoms with E-state index in [0.29, 0.717) is 18.4 Å². The predicted octanol–water partition coefficient (Wildman–Crippen LogP) is 0.804. The Morgan fingerprint density at radius 2 is 2.04 bits per heavy atom. The van der Waals surface area contributed by atoms with Crippen molar-refractivity contribution in [2.45, 2.75) is 25.3 Å². The van der Waals surface area contributed by atoms with E-state index in [1.807, 2.05) is 6.92 Å². The third-order valence-corrected chi connectivity index (χ3v) is 5.96. The van der Waals surface area contributed by atoms with Crippen molar-refractivity contribution in [1.82, 2.24) is 19.9 Å². The van der Waals surface area contributed by atoms with Gasteiger partial charge in [-0.2, -0.15) is 4.39 Å². The molecule has 0 atom stereocenters. The van der Waals surface area contributed by atoms with Gasteiger partial charge in [0.15, 0.2) is 5.82 Å². The van der Waals surface area contributed by atoms with Crippen molar-refractivity contribution >= 4 is 26.8 Å². The number of carbonyl (C=O) groups is 1. The highest BCUT2D eigenvalue weighted by atomic mass is 32.2. The maximum atomic E-state index is 13.7. The molecule has 1 aliphatic rings. The maximum absolute atomic E-state index is 13.7. The quantitative estimate of drug-likeness (QED) is 0.816. The van der Waals surface area contributed by atoms with E-state index in [1.165, 1.54) is 10.8 Å². The third kappa shape index (κ3) is 2.92. The highest BCUT2D eigenvalue weighted by molar-refractivity contribution is 7.91. The van der Waals surface area contributed by atoms with Gasteiger partial charge in [-0.1, -0.05) is 0 Å². The van der Waals surface area contributed by atoms with Gasteiger partial charge in [0.2, 0.25) is 5.95 Å². The van der Waals surface area contributed by atoms with E-state index in [1.54, 1.807) is 13.1 Å². The number of hydrogen-bond acceptors (Lipinski definition) is 5. The first-order valence-electron chi connectivity index (χ1n) is 7.21. The Hall–Kier alpha value is -2.03. The number of hydrogen-bond donors (Lipinski definition) is 1. The van der Waals surface area contributed by atoms with Gasteiger partial charge in [-0.3, -0.25) is 4.79 Å². The molecule has 3 heterocycles. The molecule has 3 rings (SSSR count). The van der Waals surface area contributed by atoms with Crippen molar-refractivity contribution in [3.05, 3.63) is 24.0 Å². The number of pyridine rings is 1. The van der Waals surface area contributed by atoms with Crippen molar-refractivity contribution in [2.24, 2.45) is 7.05 Å². The highest BCUT2D eigenvalue weighted by Gasteiger charge is 2.35. The standard InChI is InChI=1S/C14H17FN4O3S/c1-14(4-7-23(21,22)8-5-14)18-13(20)12-17-10-9(19(12)2)3-6-16-11(10)15/h3,6H,4-5,7-8H2,1-2H3,(H,18,20). The molecule has 2 aromatic rings. The van der Waals surface area contributed by atoms with Crippen LogP contribution in [0, 0.1) is 5.95 Å². The number of halogens is 1. The first kappa shape index (κ1) is 15.9. The Bertz CT molecular complexity index is 877. The van der Waals surface area contributed by atoms with Crippen LogP contribution in [0.15, 0.2) is 12.3 Å². The molecule has 9 heteroatoms. The van der Waals surface area contributed by atoms with Crippen LogP contribution in [-0.4, -0.2) is 45.9 Å². The number of rotatable bonds is 2. The Kier molecular flexibility index (Phi) is 3.62. The lowest BCUT2D eigenvalue weighted by Gasteiger charge is -2.34. The summed E-state index contributed by atoms with van der Waals surface area (Å²) in [5, 5.41) is 2.84. The molecule has 0 aliphatic carbocycles. The first-order valence-corrected chi connectivity index (χ1v) is 9.03. The molecule has 23 heavy (non-hydrogen) atoms. The summed E-state index contributed by atoms with van der Waals surface area (Å²) in [6.07, 6.45) is 2.01. The third-order valence-electron chi connectivity index (χ3n) is 4.30. The minimum absolute atomic E-state index is 0.0384. The maximum Gasteiger partial charge on any atom is 0.287 e. The molecule has 0 bridgehead atoms. The molecule has 0 unspecified atom stereocenters. The lowest BCUT2D eigenvalue weighted by Crippen LogP contribution is -2.51. The zero-order valence-electron chi connectivity index (χ0n) is 12.8. The summed E-state index contributed by atoms with van der Waals surface area (Å²) >= 11 is 0. The van der Waals surface area contributed by atoms with Crippen LogP contribution in [0.5, 0.6) is 0 Å². The summed E-state index contributed by atoms with van der Waals surface area (Å²) in [4.78, 5) is 20.1. The van der Waals surface area contributed by atoms with Crippen LogP contribution in [0.25, 0.3) is 11.0 Å². The summed E-state index contributed by atoms with van der Waals surface area (Å²) in [6, 6.07) is 1.58. The number of fused-ring (bicyclic) bond motifs is 1. The molecular formula is C14H17FN4O3S. The van der Waals surface area contributed by atoms with Crippen molar-refractivity contribution in [3.63, 3.8) is 0 Å². The molecular weight excluding hydrogens is 323 g/mol. The molecule has 1 fully saturated rings. The average molecular weight is 340 g/mol. The highest BCUT2D eigenvalue weighted by Crippen LogP contribution is 2.24. The molecule has 0 radical (unpaired) electrons. The van der Waals surface area contributed by atoms with Crippen LogP contribution in [0.4, 0.5) is 4.39 Å². The number of amides is 1. The van der Waals surface area contributed by atoms with E-state index in [9.17, 15) is 17.6 Å². The predicted molar refractivity (Wildman–Crippen MR) is 82.2 cm³/mol. The van der Waals surface area contributed by atoms with Crippen molar-refractivity contribution < 1.29 is 17.6 Å². The number of sulfone groups is 1. The van der Waals surface area contributed by atoms with Crippen LogP contribution in [0.3, 0.4) is 0 Å². The lowest BCUT2D eigenvalue weighted by molar-refractivity contribution is 0.0886. The van der Waals surface area contributed by atoms with Gasteiger partial charge in [0.05, 0.1) is 17.0 Å². The van der Waals surface area contributed by atoms with Crippen molar-refractivity contribution in [3.8, 4) is 0 Å². The van der Waals surface area contributed by atoms with Crippen molar-refractivity contribution in [1.29, 1.82) is 0 Å². The molecule has 0 spiro atoms. The minimum Gasteiger partial charge on any atom is -0.344 e. The van der Waals surface area contributed by atoms with Crippen LogP contribution < -0.4 is 5.32 Å². The molecule has 1 saturated heterocycles. The Balaban J connectivity index is 1.87. The molecule has 1 amide bonds. The van der Waals surface area contributed by atoms with E-state index >= 15 is 0 Å². The van der Waals surface area contributed by atoms with Gasteiger partial charge in [0, 0.05) is 18.8 Å². The summed E-state index contributed by atoms with van der Waals surface area (Å²) < 4.78 is 38.2. The van der Waals surface area contributed by atoms with Crippen LogP contribution in [-0.2, 0) is 16.9 Å². The summed E-state index contributed by atoms with van der Waals surface area (Å²) in [6.45, 7) is 1.81. The number of nitrogens with one attached hydrogen (secondary N) is 1. The molecule has 1 N–H and O–H groups in total. The zero-order chi connectivity index (χ0) is 16.8. The van der Waals surface area contributed by atoms with Gasteiger partial charge >= 0.3 is 0 Å². The summed E-state index contributed by atoms with van der Waals surface area (Å²) in [5.41, 5.74) is -0.104. The summed E-state index contributed by atoms with van der Waals surface area (Å²) in [5.74, 6) is -1.02. The number of nitrogens with zero attached hydrogens (tertiary/aromatic N) is 3. The first-order chi connectivity index (χ1) is 10.7. The van der Waals surface area contributed by atoms with Crippen LogP contribution in [0.1, 0.15) is 30.4 Å². The SMILES string of the molecule is Cn1c(C(=O)NC2(C)CCS(=O)(=O)CC2)nc2c(F)nccc21. The van der Waals surface area contributed by atoms with E-state index in [2.05, 4.69) is 15.3 Å². The molecule has 0 saturated carbocycles. The summed E-state index contributed by atoms with van der Waals surface area (Å²) in [7, 11) is -1.40. The number of carbonyl (C=O) groups excluding carboxylic acids is 1. The fourth-order valence-electron chi connectivity index (χ4n) is 2.73. The number of aromatic nitrogens is 3. The average Bonchev–Trinajstić information content (AvgIpc) is 2.82. The Labute approximate surface area is 132 Å². The molecule has 1 aliphatic heterocycles. The lowest BCUT2D eigenvalue weighted by atomic mass is 9.95. The molecule has 0 aromatic carbocycles. The van der Waals surface area contributed by atoms with Crippen LogP contribution >= 0.6 is 0 Å². The Morgan fingerprint density at radius 3 is 2.65 bits per heavy atom. The fraction of sp³-hybridized carbons (Fsp3) is 0.500. The van der Waals surface area contributed by atoms with E-state index in [4.69, 9.17) is 0 Å². The van der Waals surface area contributed by atoms with Gasteiger partial charge < -0.3 is 9.88 Å². The smallest absolute Gasteiger partial charge is 0.287 e. The van der Waals surface area contributed by atoms with Gasteiger partial charge in [-0.25, -0.2) is 18.4 Å². The number of aryl methyl sites for hydroxylation is 1. The molecule has 7 nitrogen and oxygen atoms in total. The van der Waals surface area contributed by atoms with E-state index in [0.717, 1.165) is 0 Å². The molecule has 124 valence electrons. The second-order valence-corrected chi connectivity index (χ2v) is 8.43. The normalized spacial score (nSPS) is 19.6. The van der Waals surface area contributed by atoms with Crippen LogP contribution in [0.2, 0.25) is 0 Å². The number of imidazole rings is 1. The van der Waals surface area contributed by atoms with E-state index in [-0.39, 0.29) is 22.8 Å². The second-order valence-electron chi connectivity index (χ2n) is 6.13. The largest absolute Gasteiger partial charge is 0.344 e. The topological polar surface area (TPSA) is 94.0 Å². The zero-order valence-corrected chi connectivity index (χ0v) is 13.7. The van der Waals surface area contributed by atoms with E-state index < -0.39 is 27.2 Å². The van der Waals surface area contributed by atoms with Gasteiger partial charge in [0.25, 0.3) is 5.91 Å². The van der Waals surface area contributed by atoms with Gasteiger partial charge in [-0.05, 0) is 25.8 Å². The second kappa shape index (κ2) is 5.26. The fourth-order valence-corrected chi connectivity index (χ4v) is 4.46. The van der Waals surface area contributed by atoms with Gasteiger partial charge in [-0.15, -0.1) is 0 Å². The van der Waals surface area contributed by atoms with Crippen molar-refractivity contribution in [2.75, 3.05) is 11.5 Å². The Morgan fingerprint density at radius 1 is 1.39 bits per heavy atom. The minimum atomic E-state index is -3.02.